The molecule has 31 heavy (non-hydrogen) atoms. The van der Waals surface area contributed by atoms with Crippen LogP contribution in [0, 0.1) is 0 Å². The van der Waals surface area contributed by atoms with Gasteiger partial charge in [-0.15, -0.1) is 0 Å². The molecule has 0 aromatic heterocycles. The number of hydrazone groups is 2. The Bertz CT molecular complexity index is 896. The van der Waals surface area contributed by atoms with Gasteiger partial charge in [0.1, 0.15) is 0 Å². The number of benzene rings is 2. The number of hydrogen-bond acceptors (Lipinski definition) is 8. The van der Waals surface area contributed by atoms with E-state index in [1.807, 2.05) is 86.5 Å². The van der Waals surface area contributed by atoms with Gasteiger partial charge in [0.2, 0.25) is 0 Å². The number of rotatable bonds is 7. The molecule has 0 bridgehead atoms. The SMILES string of the molecule is CN(C)c1ccc(C=NN2C=CN(N=Cc3ccc(N(C)C)cc3)C2OC(=O)O)cc1. The van der Waals surface area contributed by atoms with Crippen LogP contribution < -0.4 is 9.80 Å². The molecule has 9 heteroatoms. The lowest BCUT2D eigenvalue weighted by atomic mass is 10.2. The Morgan fingerprint density at radius 3 is 1.55 bits per heavy atom. The monoisotopic (exact) mass is 422 g/mol. The Hall–Kier alpha value is -4.01. The van der Waals surface area contributed by atoms with E-state index in [0.717, 1.165) is 22.5 Å². The molecule has 1 aliphatic rings. The highest BCUT2D eigenvalue weighted by molar-refractivity contribution is 5.81. The van der Waals surface area contributed by atoms with Crippen LogP contribution in [0.25, 0.3) is 0 Å². The van der Waals surface area contributed by atoms with E-state index in [1.165, 1.54) is 10.0 Å². The number of carbonyl (C=O) groups is 1. The Balaban J connectivity index is 1.71. The van der Waals surface area contributed by atoms with Crippen molar-refractivity contribution in [3.63, 3.8) is 0 Å². The summed E-state index contributed by atoms with van der Waals surface area (Å²) in [4.78, 5) is 15.2. The Kier molecular flexibility index (Phi) is 6.76. The zero-order valence-corrected chi connectivity index (χ0v) is 18.0. The van der Waals surface area contributed by atoms with Gasteiger partial charge < -0.3 is 19.6 Å². The van der Waals surface area contributed by atoms with Crippen molar-refractivity contribution in [3.8, 4) is 0 Å². The van der Waals surface area contributed by atoms with E-state index in [2.05, 4.69) is 10.2 Å². The summed E-state index contributed by atoms with van der Waals surface area (Å²) in [5.74, 6) is 0. The van der Waals surface area contributed by atoms with Crippen molar-refractivity contribution >= 4 is 30.0 Å². The number of carboxylic acid groups (broad SMARTS) is 1. The smallest absolute Gasteiger partial charge is 0.450 e. The summed E-state index contributed by atoms with van der Waals surface area (Å²) < 4.78 is 4.98. The van der Waals surface area contributed by atoms with Gasteiger partial charge >= 0.3 is 6.16 Å². The minimum Gasteiger partial charge on any atom is -0.450 e. The second-order valence-electron chi connectivity index (χ2n) is 7.23. The van der Waals surface area contributed by atoms with E-state index >= 15 is 0 Å². The van der Waals surface area contributed by atoms with Crippen LogP contribution in [-0.2, 0) is 4.74 Å². The summed E-state index contributed by atoms with van der Waals surface area (Å²) in [5.41, 5.74) is 3.89. The van der Waals surface area contributed by atoms with Crippen LogP contribution >= 0.6 is 0 Å². The predicted molar refractivity (Wildman–Crippen MR) is 122 cm³/mol. The Labute approximate surface area is 181 Å². The molecular formula is C22H26N6O3. The van der Waals surface area contributed by atoms with Gasteiger partial charge in [-0.2, -0.15) is 10.2 Å². The number of hydrogen-bond donors (Lipinski definition) is 1. The molecule has 0 spiro atoms. The quantitative estimate of drug-likeness (QED) is 0.542. The fraction of sp³-hybridized carbons (Fsp3) is 0.227. The number of anilines is 2. The maximum atomic E-state index is 11.2. The molecule has 0 atom stereocenters. The average Bonchev–Trinajstić information content (AvgIpc) is 3.12. The van der Waals surface area contributed by atoms with Gasteiger partial charge in [0.15, 0.2) is 0 Å². The van der Waals surface area contributed by atoms with E-state index < -0.39 is 12.5 Å². The van der Waals surface area contributed by atoms with Gasteiger partial charge in [-0.1, -0.05) is 24.3 Å². The van der Waals surface area contributed by atoms with Gasteiger partial charge in [-0.05, 0) is 35.4 Å². The Morgan fingerprint density at radius 1 is 0.839 bits per heavy atom. The summed E-state index contributed by atoms with van der Waals surface area (Å²) in [6.07, 6.45) is 4.02. The summed E-state index contributed by atoms with van der Waals surface area (Å²) in [7, 11) is 7.88. The molecule has 0 saturated heterocycles. The first-order valence-electron chi connectivity index (χ1n) is 9.61. The third-order valence-corrected chi connectivity index (χ3v) is 4.53. The third-order valence-electron chi connectivity index (χ3n) is 4.53. The highest BCUT2D eigenvalue weighted by atomic mass is 16.7. The first-order chi connectivity index (χ1) is 14.8. The first-order valence-corrected chi connectivity index (χ1v) is 9.61. The van der Waals surface area contributed by atoms with Crippen LogP contribution in [0.15, 0.2) is 71.1 Å². The van der Waals surface area contributed by atoms with Crippen molar-refractivity contribution in [1.82, 2.24) is 10.0 Å². The molecule has 0 radical (unpaired) electrons. The van der Waals surface area contributed by atoms with E-state index in [1.54, 1.807) is 24.8 Å². The van der Waals surface area contributed by atoms with E-state index in [-0.39, 0.29) is 0 Å². The number of ether oxygens (including phenoxy) is 1. The zero-order chi connectivity index (χ0) is 22.4. The third kappa shape index (κ3) is 5.75. The molecule has 2 aromatic carbocycles. The molecule has 0 saturated carbocycles. The van der Waals surface area contributed by atoms with Crippen LogP contribution in [0.5, 0.6) is 0 Å². The van der Waals surface area contributed by atoms with Crippen molar-refractivity contribution in [2.45, 2.75) is 6.35 Å². The minimum atomic E-state index is -1.42. The normalized spacial score (nSPS) is 15.8. The van der Waals surface area contributed by atoms with E-state index in [4.69, 9.17) is 9.84 Å². The van der Waals surface area contributed by atoms with Crippen molar-refractivity contribution in [3.05, 3.63) is 72.1 Å². The molecule has 0 fully saturated rings. The van der Waals surface area contributed by atoms with Crippen LogP contribution in [0.3, 0.4) is 0 Å². The van der Waals surface area contributed by atoms with Crippen molar-refractivity contribution < 1.29 is 14.6 Å². The molecule has 1 N–H and O–H groups in total. The molecule has 0 unspecified atom stereocenters. The van der Waals surface area contributed by atoms with Gasteiger partial charge in [0.25, 0.3) is 6.35 Å². The van der Waals surface area contributed by atoms with Crippen molar-refractivity contribution in [1.29, 1.82) is 0 Å². The van der Waals surface area contributed by atoms with Crippen LogP contribution in [-0.4, -0.2) is 68.3 Å². The molecule has 1 aliphatic heterocycles. The van der Waals surface area contributed by atoms with Crippen molar-refractivity contribution in [2.75, 3.05) is 38.0 Å². The van der Waals surface area contributed by atoms with E-state index in [0.29, 0.717) is 0 Å². The molecule has 9 nitrogen and oxygen atoms in total. The predicted octanol–water partition coefficient (Wildman–Crippen LogP) is 3.25. The van der Waals surface area contributed by atoms with Gasteiger partial charge in [0, 0.05) is 52.0 Å². The molecule has 162 valence electrons. The zero-order valence-electron chi connectivity index (χ0n) is 18.0. The lowest BCUT2D eigenvalue weighted by molar-refractivity contribution is -0.0745. The van der Waals surface area contributed by atoms with E-state index in [9.17, 15) is 4.79 Å². The Morgan fingerprint density at radius 2 is 1.23 bits per heavy atom. The average molecular weight is 422 g/mol. The topological polar surface area (TPSA) is 84.2 Å². The van der Waals surface area contributed by atoms with Crippen molar-refractivity contribution in [2.24, 2.45) is 10.2 Å². The van der Waals surface area contributed by atoms with Crippen LogP contribution in [0.4, 0.5) is 16.2 Å². The minimum absolute atomic E-state index is 0.871. The molecule has 2 aromatic rings. The fourth-order valence-electron chi connectivity index (χ4n) is 2.78. The lowest BCUT2D eigenvalue weighted by Gasteiger charge is -2.24. The second kappa shape index (κ2) is 9.66. The summed E-state index contributed by atoms with van der Waals surface area (Å²) in [6, 6.07) is 15.6. The second-order valence-corrected chi connectivity index (χ2v) is 7.23. The molecule has 0 amide bonds. The standard InChI is InChI=1S/C22H26N6O3/c1-25(2)19-9-5-17(6-10-19)15-23-27-13-14-28(21(27)31-22(29)30)24-16-18-7-11-20(12-8-18)26(3)4/h5-16,21H,1-4H3,(H,29,30). The highest BCUT2D eigenvalue weighted by Crippen LogP contribution is 2.19. The molecular weight excluding hydrogens is 396 g/mol. The van der Waals surface area contributed by atoms with Gasteiger partial charge in [0.05, 0.1) is 12.4 Å². The highest BCUT2D eigenvalue weighted by Gasteiger charge is 2.30. The number of nitrogens with zero attached hydrogens (tertiary/aromatic N) is 6. The fourth-order valence-corrected chi connectivity index (χ4v) is 2.78. The molecule has 3 rings (SSSR count). The largest absolute Gasteiger partial charge is 0.509 e. The van der Waals surface area contributed by atoms with Gasteiger partial charge in [-0.3, -0.25) is 0 Å². The maximum absolute atomic E-state index is 11.2. The van der Waals surface area contributed by atoms with Crippen LogP contribution in [0.1, 0.15) is 11.1 Å². The summed E-state index contributed by atoms with van der Waals surface area (Å²) in [5, 5.41) is 20.6. The maximum Gasteiger partial charge on any atom is 0.509 e. The lowest BCUT2D eigenvalue weighted by Crippen LogP contribution is -2.37. The first kappa shape index (κ1) is 21.7. The summed E-state index contributed by atoms with van der Waals surface area (Å²) in [6.45, 7) is 0. The van der Waals surface area contributed by atoms with Gasteiger partial charge in [-0.25, -0.2) is 14.8 Å². The molecule has 0 aliphatic carbocycles. The summed E-state index contributed by atoms with van der Waals surface area (Å²) >= 11 is 0. The molecule has 1 heterocycles. The van der Waals surface area contributed by atoms with Crippen LogP contribution in [0.2, 0.25) is 0 Å².